The van der Waals surface area contributed by atoms with E-state index in [1.54, 1.807) is 4.57 Å². The van der Waals surface area contributed by atoms with E-state index < -0.39 is 24.5 Å². The summed E-state index contributed by atoms with van der Waals surface area (Å²) in [5.74, 6) is 0.352. The predicted octanol–water partition coefficient (Wildman–Crippen LogP) is -0.900. The number of hydrogen-bond acceptors (Lipinski definition) is 8. The molecule has 3 heterocycles. The Labute approximate surface area is 120 Å². The molecule has 9 nitrogen and oxygen atoms in total. The van der Waals surface area contributed by atoms with E-state index >= 15 is 0 Å². The Kier molecular flexibility index (Phi) is 3.72. The van der Waals surface area contributed by atoms with Gasteiger partial charge in [0.1, 0.15) is 24.6 Å². The lowest BCUT2D eigenvalue weighted by atomic mass is 10.1. The largest absolute Gasteiger partial charge is 0.479 e. The number of ether oxygens (including phenoxy) is 3. The van der Waals surface area contributed by atoms with Crippen LogP contribution in [0.25, 0.3) is 11.2 Å². The summed E-state index contributed by atoms with van der Waals surface area (Å²) in [6, 6.07) is 0. The van der Waals surface area contributed by atoms with Crippen molar-refractivity contribution in [2.75, 3.05) is 20.8 Å². The number of aliphatic hydroxyl groups is 2. The van der Waals surface area contributed by atoms with E-state index in [0.717, 1.165) is 0 Å². The van der Waals surface area contributed by atoms with Crippen molar-refractivity contribution < 1.29 is 24.4 Å². The molecule has 3 rings (SSSR count). The van der Waals surface area contributed by atoms with E-state index in [1.807, 2.05) is 0 Å². The van der Waals surface area contributed by atoms with Gasteiger partial charge in [0.2, 0.25) is 5.88 Å². The summed E-state index contributed by atoms with van der Waals surface area (Å²) in [7, 11) is 2.97. The van der Waals surface area contributed by atoms with Crippen molar-refractivity contribution in [3.05, 3.63) is 12.7 Å². The summed E-state index contributed by atoms with van der Waals surface area (Å²) in [6.07, 6.45) is -0.0688. The highest BCUT2D eigenvalue weighted by molar-refractivity contribution is 5.76. The van der Waals surface area contributed by atoms with Crippen LogP contribution in [0.15, 0.2) is 12.7 Å². The second-order valence-corrected chi connectivity index (χ2v) is 4.65. The van der Waals surface area contributed by atoms with E-state index in [-0.39, 0.29) is 6.61 Å². The van der Waals surface area contributed by atoms with Gasteiger partial charge in [-0.3, -0.25) is 4.57 Å². The third-order valence-electron chi connectivity index (χ3n) is 3.56. The number of aliphatic hydroxyl groups excluding tert-OH is 2. The first-order valence-corrected chi connectivity index (χ1v) is 6.40. The minimum Gasteiger partial charge on any atom is -0.479 e. The van der Waals surface area contributed by atoms with Crippen molar-refractivity contribution in [3.63, 3.8) is 0 Å². The van der Waals surface area contributed by atoms with Crippen molar-refractivity contribution in [1.29, 1.82) is 0 Å². The average molecular weight is 296 g/mol. The van der Waals surface area contributed by atoms with Crippen LogP contribution in [0, 0.1) is 0 Å². The average Bonchev–Trinajstić information content (AvgIpc) is 3.07. The van der Waals surface area contributed by atoms with Crippen LogP contribution >= 0.6 is 0 Å². The number of fused-ring (bicyclic) bond motifs is 1. The van der Waals surface area contributed by atoms with Gasteiger partial charge in [0, 0.05) is 7.11 Å². The van der Waals surface area contributed by atoms with Gasteiger partial charge in [-0.2, -0.15) is 4.98 Å². The first-order valence-electron chi connectivity index (χ1n) is 6.40. The second-order valence-electron chi connectivity index (χ2n) is 4.65. The van der Waals surface area contributed by atoms with Crippen LogP contribution in [-0.4, -0.2) is 68.9 Å². The number of aromatic nitrogens is 4. The van der Waals surface area contributed by atoms with Crippen molar-refractivity contribution in [1.82, 2.24) is 19.5 Å². The fourth-order valence-corrected chi connectivity index (χ4v) is 2.51. The quantitative estimate of drug-likeness (QED) is 0.746. The number of hydrogen-bond donors (Lipinski definition) is 2. The molecular weight excluding hydrogens is 280 g/mol. The molecular formula is C12H16N4O5. The zero-order valence-electron chi connectivity index (χ0n) is 11.6. The molecule has 1 fully saturated rings. The van der Waals surface area contributed by atoms with Gasteiger partial charge in [0.05, 0.1) is 20.0 Å². The summed E-state index contributed by atoms with van der Waals surface area (Å²) < 4.78 is 17.7. The van der Waals surface area contributed by atoms with Gasteiger partial charge in [0.25, 0.3) is 0 Å². The van der Waals surface area contributed by atoms with Crippen LogP contribution in [0.1, 0.15) is 6.23 Å². The molecule has 0 amide bonds. The fourth-order valence-electron chi connectivity index (χ4n) is 2.51. The van der Waals surface area contributed by atoms with Crippen LogP contribution in [0.2, 0.25) is 0 Å². The Bertz CT molecular complexity index is 633. The molecule has 0 aliphatic carbocycles. The molecule has 2 N–H and O–H groups in total. The van der Waals surface area contributed by atoms with Crippen molar-refractivity contribution in [2.24, 2.45) is 0 Å². The first-order chi connectivity index (χ1) is 10.2. The van der Waals surface area contributed by atoms with Crippen molar-refractivity contribution in [2.45, 2.75) is 24.5 Å². The minimum absolute atomic E-state index is 0.303. The molecule has 0 spiro atoms. The molecule has 0 unspecified atom stereocenters. The van der Waals surface area contributed by atoms with Crippen LogP contribution in [0.3, 0.4) is 0 Å². The molecule has 0 bridgehead atoms. The Hall–Kier alpha value is -1.81. The molecule has 21 heavy (non-hydrogen) atoms. The number of imidazole rings is 1. The Balaban J connectivity index is 2.04. The van der Waals surface area contributed by atoms with Crippen molar-refractivity contribution in [3.8, 4) is 5.88 Å². The topological polar surface area (TPSA) is 112 Å². The lowest BCUT2D eigenvalue weighted by molar-refractivity contribution is -0.0583. The molecule has 2 aromatic heterocycles. The Morgan fingerprint density at radius 2 is 2.14 bits per heavy atom. The Morgan fingerprint density at radius 1 is 1.33 bits per heavy atom. The zero-order valence-corrected chi connectivity index (χ0v) is 11.6. The summed E-state index contributed by atoms with van der Waals surface area (Å²) in [5.41, 5.74) is 0.986. The summed E-state index contributed by atoms with van der Waals surface area (Å²) in [4.78, 5) is 12.4. The Morgan fingerprint density at radius 3 is 2.81 bits per heavy atom. The van der Waals surface area contributed by atoms with E-state index in [1.165, 1.54) is 26.9 Å². The van der Waals surface area contributed by atoms with Gasteiger partial charge in [-0.05, 0) is 0 Å². The maximum atomic E-state index is 10.1. The molecule has 1 aliphatic rings. The van der Waals surface area contributed by atoms with Crippen LogP contribution in [-0.2, 0) is 9.47 Å². The van der Waals surface area contributed by atoms with E-state index in [9.17, 15) is 10.2 Å². The van der Waals surface area contributed by atoms with Gasteiger partial charge >= 0.3 is 0 Å². The van der Waals surface area contributed by atoms with E-state index in [0.29, 0.717) is 17.0 Å². The van der Waals surface area contributed by atoms with Gasteiger partial charge in [0.15, 0.2) is 17.4 Å². The van der Waals surface area contributed by atoms with Crippen LogP contribution < -0.4 is 4.74 Å². The number of methoxy groups -OCH3 is 2. The normalized spacial score (nSPS) is 29.1. The van der Waals surface area contributed by atoms with E-state index in [4.69, 9.17) is 14.2 Å². The minimum atomic E-state index is -0.939. The maximum absolute atomic E-state index is 10.1. The molecule has 1 aliphatic heterocycles. The SMILES string of the molecule is COc1ncnc2c1ncn2[C@@H]1O[C@H](CO)[C@@H](O)[C@H]1OC. The third kappa shape index (κ3) is 2.14. The maximum Gasteiger partial charge on any atom is 0.245 e. The highest BCUT2D eigenvalue weighted by Crippen LogP contribution is 2.33. The van der Waals surface area contributed by atoms with Gasteiger partial charge in [-0.25, -0.2) is 9.97 Å². The molecule has 4 atom stereocenters. The molecule has 114 valence electrons. The van der Waals surface area contributed by atoms with Gasteiger partial charge < -0.3 is 24.4 Å². The smallest absolute Gasteiger partial charge is 0.245 e. The molecule has 2 aromatic rings. The van der Waals surface area contributed by atoms with Crippen LogP contribution in [0.5, 0.6) is 5.88 Å². The standard InChI is InChI=1S/C12H16N4O5/c1-19-9-8(18)6(3-17)21-12(9)16-5-15-7-10(16)13-4-14-11(7)20-2/h4-6,8-9,12,17-18H,3H2,1-2H3/t6-,8-,9-,12-/m1/s1. The number of rotatable bonds is 4. The molecule has 0 aromatic carbocycles. The zero-order chi connectivity index (χ0) is 15.0. The lowest BCUT2D eigenvalue weighted by Crippen LogP contribution is -2.34. The summed E-state index contributed by atoms with van der Waals surface area (Å²) >= 11 is 0. The van der Waals surface area contributed by atoms with Crippen molar-refractivity contribution >= 4 is 11.2 Å². The van der Waals surface area contributed by atoms with E-state index in [2.05, 4.69) is 15.0 Å². The fraction of sp³-hybridized carbons (Fsp3) is 0.583. The highest BCUT2D eigenvalue weighted by atomic mass is 16.6. The van der Waals surface area contributed by atoms with Gasteiger partial charge in [-0.15, -0.1) is 0 Å². The molecule has 9 heteroatoms. The molecule has 0 radical (unpaired) electrons. The highest BCUT2D eigenvalue weighted by Gasteiger charge is 2.45. The summed E-state index contributed by atoms with van der Waals surface area (Å²) in [6.45, 7) is -0.303. The molecule has 1 saturated heterocycles. The lowest BCUT2D eigenvalue weighted by Gasteiger charge is -2.19. The predicted molar refractivity (Wildman–Crippen MR) is 69.7 cm³/mol. The van der Waals surface area contributed by atoms with Crippen LogP contribution in [0.4, 0.5) is 0 Å². The first kappa shape index (κ1) is 14.1. The third-order valence-corrected chi connectivity index (χ3v) is 3.56. The van der Waals surface area contributed by atoms with Gasteiger partial charge in [-0.1, -0.05) is 0 Å². The number of nitrogens with zero attached hydrogens (tertiary/aromatic N) is 4. The second kappa shape index (κ2) is 5.53. The summed E-state index contributed by atoms with van der Waals surface area (Å²) in [5, 5.41) is 19.3. The monoisotopic (exact) mass is 296 g/mol. The molecule has 0 saturated carbocycles.